The van der Waals surface area contributed by atoms with Crippen molar-refractivity contribution >= 4 is 39.7 Å². The number of amides is 1. The highest BCUT2D eigenvalue weighted by Crippen LogP contribution is 2.33. The Labute approximate surface area is 142 Å². The summed E-state index contributed by atoms with van der Waals surface area (Å²) in [6.07, 6.45) is 2.98. The zero-order valence-electron chi connectivity index (χ0n) is 12.7. The lowest BCUT2D eigenvalue weighted by Crippen LogP contribution is -2.36. The monoisotopic (exact) mass is 350 g/mol. The second-order valence-corrected chi connectivity index (χ2v) is 7.92. The Morgan fingerprint density at radius 1 is 1.26 bits per heavy atom. The van der Waals surface area contributed by atoms with Crippen molar-refractivity contribution in [2.45, 2.75) is 32.6 Å². The molecule has 23 heavy (non-hydrogen) atoms. The first-order valence-corrected chi connectivity index (χ1v) is 9.30. The van der Waals surface area contributed by atoms with Crippen LogP contribution < -0.4 is 5.32 Å². The third-order valence-electron chi connectivity index (χ3n) is 4.15. The van der Waals surface area contributed by atoms with Gasteiger partial charge in [0.1, 0.15) is 0 Å². The van der Waals surface area contributed by atoms with Crippen LogP contribution in [0, 0.1) is 18.8 Å². The van der Waals surface area contributed by atoms with E-state index >= 15 is 0 Å². The molecule has 2 aromatic rings. The summed E-state index contributed by atoms with van der Waals surface area (Å²) in [5, 5.41) is 14.5. The van der Waals surface area contributed by atoms with Gasteiger partial charge in [0.25, 0.3) is 0 Å². The van der Waals surface area contributed by atoms with Gasteiger partial charge < -0.3 is 10.4 Å². The zero-order chi connectivity index (χ0) is 16.4. The largest absolute Gasteiger partial charge is 0.481 e. The van der Waals surface area contributed by atoms with Crippen LogP contribution in [0.3, 0.4) is 0 Å². The Morgan fingerprint density at radius 3 is 2.65 bits per heavy atom. The Bertz CT molecular complexity index is 722. The second-order valence-electron chi connectivity index (χ2n) is 5.77. The highest BCUT2D eigenvalue weighted by atomic mass is 32.1. The maximum Gasteiger partial charge on any atom is 0.307 e. The number of thiophene rings is 1. The number of nitrogens with zero attached hydrogens (tertiary/aromatic N) is 1. The molecule has 1 aliphatic carbocycles. The topological polar surface area (TPSA) is 79.3 Å². The SMILES string of the molecule is Cc1ccc(-c2csc(NC(=O)[C@H]3CCCC[C@H]3C(=O)O)n2)s1. The minimum atomic E-state index is -0.876. The normalized spacial score (nSPS) is 21.1. The van der Waals surface area contributed by atoms with Crippen LogP contribution in [0.5, 0.6) is 0 Å². The van der Waals surface area contributed by atoms with Crippen molar-refractivity contribution in [2.75, 3.05) is 5.32 Å². The fraction of sp³-hybridized carbons (Fsp3) is 0.438. The third-order valence-corrected chi connectivity index (χ3v) is 5.93. The Kier molecular flexibility index (Phi) is 4.77. The molecule has 3 rings (SSSR count). The van der Waals surface area contributed by atoms with Gasteiger partial charge in [0.15, 0.2) is 5.13 Å². The Hall–Kier alpha value is -1.73. The molecule has 0 aromatic carbocycles. The van der Waals surface area contributed by atoms with Crippen molar-refractivity contribution in [3.05, 3.63) is 22.4 Å². The van der Waals surface area contributed by atoms with Gasteiger partial charge in [0.05, 0.1) is 22.4 Å². The summed E-state index contributed by atoms with van der Waals surface area (Å²) in [5.74, 6) is -2.14. The molecule has 2 atom stereocenters. The lowest BCUT2D eigenvalue weighted by Gasteiger charge is -2.26. The minimum Gasteiger partial charge on any atom is -0.481 e. The second kappa shape index (κ2) is 6.80. The Morgan fingerprint density at radius 2 is 2.00 bits per heavy atom. The number of aliphatic carboxylic acids is 1. The van der Waals surface area contributed by atoms with E-state index in [1.165, 1.54) is 16.2 Å². The maximum absolute atomic E-state index is 12.4. The molecule has 1 amide bonds. The molecule has 0 unspecified atom stereocenters. The lowest BCUT2D eigenvalue weighted by atomic mass is 9.79. The number of carbonyl (C=O) groups excluding carboxylic acids is 1. The van der Waals surface area contributed by atoms with E-state index in [2.05, 4.69) is 10.3 Å². The molecule has 0 aliphatic heterocycles. The van der Waals surface area contributed by atoms with Crippen LogP contribution >= 0.6 is 22.7 Å². The van der Waals surface area contributed by atoms with Crippen molar-refractivity contribution in [1.29, 1.82) is 0 Å². The van der Waals surface area contributed by atoms with E-state index in [1.54, 1.807) is 11.3 Å². The average molecular weight is 350 g/mol. The molecule has 2 heterocycles. The number of anilines is 1. The van der Waals surface area contributed by atoms with Gasteiger partial charge in [-0.15, -0.1) is 22.7 Å². The maximum atomic E-state index is 12.4. The number of carboxylic acid groups (broad SMARTS) is 1. The fourth-order valence-electron chi connectivity index (χ4n) is 2.95. The van der Waals surface area contributed by atoms with Crippen molar-refractivity contribution in [1.82, 2.24) is 4.98 Å². The van der Waals surface area contributed by atoms with E-state index in [4.69, 9.17) is 0 Å². The molecule has 2 N–H and O–H groups in total. The van der Waals surface area contributed by atoms with Gasteiger partial charge in [0, 0.05) is 10.3 Å². The summed E-state index contributed by atoms with van der Waals surface area (Å²) in [4.78, 5) is 30.5. The van der Waals surface area contributed by atoms with E-state index in [9.17, 15) is 14.7 Å². The molecule has 0 spiro atoms. The van der Waals surface area contributed by atoms with Gasteiger partial charge in [-0.25, -0.2) is 4.98 Å². The number of nitrogens with one attached hydrogen (secondary N) is 1. The Balaban J connectivity index is 1.70. The molecular formula is C16H18N2O3S2. The van der Waals surface area contributed by atoms with Crippen LogP contribution in [0.15, 0.2) is 17.5 Å². The zero-order valence-corrected chi connectivity index (χ0v) is 14.4. The first kappa shape index (κ1) is 16.1. The van der Waals surface area contributed by atoms with E-state index in [-0.39, 0.29) is 5.91 Å². The van der Waals surface area contributed by atoms with Crippen molar-refractivity contribution in [3.8, 4) is 10.6 Å². The van der Waals surface area contributed by atoms with Crippen LogP contribution in [0.25, 0.3) is 10.6 Å². The number of thiazole rings is 1. The van der Waals surface area contributed by atoms with Crippen molar-refractivity contribution in [2.24, 2.45) is 11.8 Å². The number of aryl methyl sites for hydroxylation is 1. The summed E-state index contributed by atoms with van der Waals surface area (Å²) >= 11 is 3.03. The summed E-state index contributed by atoms with van der Waals surface area (Å²) < 4.78 is 0. The van der Waals surface area contributed by atoms with E-state index in [0.717, 1.165) is 23.4 Å². The molecular weight excluding hydrogens is 332 g/mol. The van der Waals surface area contributed by atoms with Gasteiger partial charge in [-0.1, -0.05) is 12.8 Å². The van der Waals surface area contributed by atoms with Crippen molar-refractivity contribution < 1.29 is 14.7 Å². The summed E-state index contributed by atoms with van der Waals surface area (Å²) in [7, 11) is 0. The molecule has 1 fully saturated rings. The standard InChI is InChI=1S/C16H18N2O3S2/c1-9-6-7-13(23-9)12-8-22-16(17-12)18-14(19)10-4-2-3-5-11(10)15(20)21/h6-8,10-11H,2-5H2,1H3,(H,20,21)(H,17,18,19)/t10-,11+/m0/s1. The van der Waals surface area contributed by atoms with E-state index in [0.29, 0.717) is 18.0 Å². The first-order valence-electron chi connectivity index (χ1n) is 7.60. The number of aromatic nitrogens is 1. The molecule has 1 aliphatic rings. The van der Waals surface area contributed by atoms with Gasteiger partial charge in [-0.3, -0.25) is 9.59 Å². The van der Waals surface area contributed by atoms with Gasteiger partial charge >= 0.3 is 5.97 Å². The average Bonchev–Trinajstić information content (AvgIpc) is 3.16. The highest BCUT2D eigenvalue weighted by Gasteiger charge is 2.35. The summed E-state index contributed by atoms with van der Waals surface area (Å²) in [5.41, 5.74) is 0.849. The third kappa shape index (κ3) is 3.61. The van der Waals surface area contributed by atoms with Crippen LogP contribution in [0.1, 0.15) is 30.6 Å². The smallest absolute Gasteiger partial charge is 0.307 e. The number of carbonyl (C=O) groups is 2. The number of carboxylic acids is 1. The molecule has 122 valence electrons. The van der Waals surface area contributed by atoms with E-state index in [1.807, 2.05) is 24.4 Å². The molecule has 0 radical (unpaired) electrons. The summed E-state index contributed by atoms with van der Waals surface area (Å²) in [6, 6.07) is 4.05. The lowest BCUT2D eigenvalue weighted by molar-refractivity contribution is -0.147. The van der Waals surface area contributed by atoms with E-state index < -0.39 is 17.8 Å². The fourth-order valence-corrected chi connectivity index (χ4v) is 4.57. The number of rotatable bonds is 4. The molecule has 2 aromatic heterocycles. The highest BCUT2D eigenvalue weighted by molar-refractivity contribution is 7.17. The van der Waals surface area contributed by atoms with Crippen LogP contribution in [0.4, 0.5) is 5.13 Å². The minimum absolute atomic E-state index is 0.222. The molecule has 5 nitrogen and oxygen atoms in total. The number of hydrogen-bond donors (Lipinski definition) is 2. The summed E-state index contributed by atoms with van der Waals surface area (Å²) in [6.45, 7) is 2.04. The molecule has 0 bridgehead atoms. The molecule has 1 saturated carbocycles. The predicted molar refractivity (Wildman–Crippen MR) is 91.9 cm³/mol. The number of hydrogen-bond acceptors (Lipinski definition) is 5. The van der Waals surface area contributed by atoms with Crippen LogP contribution in [0.2, 0.25) is 0 Å². The van der Waals surface area contributed by atoms with Crippen molar-refractivity contribution in [3.63, 3.8) is 0 Å². The van der Waals surface area contributed by atoms with Gasteiger partial charge in [-0.2, -0.15) is 0 Å². The van der Waals surface area contributed by atoms with Crippen LogP contribution in [-0.2, 0) is 9.59 Å². The predicted octanol–water partition coefficient (Wildman–Crippen LogP) is 4.01. The van der Waals surface area contributed by atoms with Crippen LogP contribution in [-0.4, -0.2) is 22.0 Å². The quantitative estimate of drug-likeness (QED) is 0.873. The first-order chi connectivity index (χ1) is 11.0. The molecule has 0 saturated heterocycles. The van der Waals surface area contributed by atoms with Gasteiger partial charge in [-0.05, 0) is 31.9 Å². The molecule has 7 heteroatoms. The van der Waals surface area contributed by atoms with Gasteiger partial charge in [0.2, 0.25) is 5.91 Å².